The maximum absolute atomic E-state index is 5.74. The molecular weight excluding hydrogens is 224 g/mol. The van der Waals surface area contributed by atoms with Crippen molar-refractivity contribution in [1.82, 2.24) is 15.0 Å². The van der Waals surface area contributed by atoms with Gasteiger partial charge in [-0.3, -0.25) is 0 Å². The lowest BCUT2D eigenvalue weighted by Gasteiger charge is -2.09. The van der Waals surface area contributed by atoms with Gasteiger partial charge in [0.25, 0.3) is 0 Å². The van der Waals surface area contributed by atoms with Crippen molar-refractivity contribution >= 4 is 0 Å². The largest absolute Gasteiger partial charge is 0.325 e. The van der Waals surface area contributed by atoms with Crippen molar-refractivity contribution in [2.45, 2.75) is 39.7 Å². The van der Waals surface area contributed by atoms with Crippen LogP contribution in [-0.4, -0.2) is 15.0 Å². The number of hydrogen-bond donors (Lipinski definition) is 1. The van der Waals surface area contributed by atoms with Crippen LogP contribution in [0.25, 0.3) is 5.69 Å². The minimum Gasteiger partial charge on any atom is -0.325 e. The summed E-state index contributed by atoms with van der Waals surface area (Å²) in [5.74, 6) is 0. The molecule has 0 bridgehead atoms. The summed E-state index contributed by atoms with van der Waals surface area (Å²) in [6.45, 7) is 4.72. The molecule has 0 saturated heterocycles. The van der Waals surface area contributed by atoms with Crippen LogP contribution in [0.1, 0.15) is 36.7 Å². The highest BCUT2D eigenvalue weighted by molar-refractivity contribution is 5.40. The third-order valence-corrected chi connectivity index (χ3v) is 3.15. The van der Waals surface area contributed by atoms with Crippen LogP contribution in [0.2, 0.25) is 0 Å². The third kappa shape index (κ3) is 2.43. The van der Waals surface area contributed by atoms with Gasteiger partial charge in [-0.1, -0.05) is 36.8 Å². The average Bonchev–Trinajstić information content (AvgIpc) is 2.79. The fourth-order valence-corrected chi connectivity index (χ4v) is 2.08. The summed E-state index contributed by atoms with van der Waals surface area (Å²) >= 11 is 0. The minimum atomic E-state index is 0.449. The Hall–Kier alpha value is -1.68. The van der Waals surface area contributed by atoms with Gasteiger partial charge in [0.15, 0.2) is 0 Å². The summed E-state index contributed by atoms with van der Waals surface area (Å²) < 4.78 is 1.94. The van der Waals surface area contributed by atoms with Gasteiger partial charge in [-0.05, 0) is 31.4 Å². The summed E-state index contributed by atoms with van der Waals surface area (Å²) in [6, 6.07) is 8.21. The first kappa shape index (κ1) is 12.8. The van der Waals surface area contributed by atoms with Crippen molar-refractivity contribution in [1.29, 1.82) is 0 Å². The first-order valence-electron chi connectivity index (χ1n) is 6.47. The lowest BCUT2D eigenvalue weighted by molar-refractivity contribution is 0.712. The van der Waals surface area contributed by atoms with E-state index in [9.17, 15) is 0 Å². The summed E-state index contributed by atoms with van der Waals surface area (Å²) in [7, 11) is 0. The zero-order valence-electron chi connectivity index (χ0n) is 11.1. The smallest absolute Gasteiger partial charge is 0.0999 e. The van der Waals surface area contributed by atoms with E-state index in [1.165, 1.54) is 5.56 Å². The number of aromatic nitrogens is 3. The van der Waals surface area contributed by atoms with Crippen molar-refractivity contribution in [2.24, 2.45) is 5.73 Å². The Balaban J connectivity index is 2.44. The molecule has 0 aliphatic heterocycles. The molecule has 96 valence electrons. The van der Waals surface area contributed by atoms with E-state index in [0.717, 1.165) is 36.3 Å². The van der Waals surface area contributed by atoms with Gasteiger partial charge < -0.3 is 5.73 Å². The van der Waals surface area contributed by atoms with Crippen LogP contribution in [0.5, 0.6) is 0 Å². The molecular formula is C14H20N4. The molecule has 1 aromatic heterocycles. The topological polar surface area (TPSA) is 56.7 Å². The molecule has 0 aliphatic rings. The van der Waals surface area contributed by atoms with Gasteiger partial charge in [0.05, 0.1) is 17.1 Å². The van der Waals surface area contributed by atoms with Crippen LogP contribution in [0.4, 0.5) is 0 Å². The Kier molecular flexibility index (Phi) is 4.10. The molecule has 0 atom stereocenters. The summed E-state index contributed by atoms with van der Waals surface area (Å²) in [5, 5.41) is 8.45. The fraction of sp³-hybridized carbons (Fsp3) is 0.429. The highest BCUT2D eigenvalue weighted by Crippen LogP contribution is 2.18. The standard InChI is InChI=1S/C14H20N4/c1-3-4-8-14-12(10-15)16-17-18(14)13-9-6-5-7-11(13)2/h5-7,9H,3-4,8,10,15H2,1-2H3. The molecule has 0 unspecified atom stereocenters. The summed E-state index contributed by atoms with van der Waals surface area (Å²) in [5.41, 5.74) is 10.1. The molecule has 1 heterocycles. The first-order valence-corrected chi connectivity index (χ1v) is 6.47. The van der Waals surface area contributed by atoms with Crippen LogP contribution in [0, 0.1) is 6.92 Å². The van der Waals surface area contributed by atoms with Crippen LogP contribution >= 0.6 is 0 Å². The SMILES string of the molecule is CCCCc1c(CN)nnn1-c1ccccc1C. The van der Waals surface area contributed by atoms with Crippen molar-refractivity contribution in [3.8, 4) is 5.69 Å². The highest BCUT2D eigenvalue weighted by Gasteiger charge is 2.13. The van der Waals surface area contributed by atoms with Crippen LogP contribution in [0.3, 0.4) is 0 Å². The van der Waals surface area contributed by atoms with Crippen molar-refractivity contribution in [3.63, 3.8) is 0 Å². The molecule has 0 fully saturated rings. The summed E-state index contributed by atoms with van der Waals surface area (Å²) in [6.07, 6.45) is 3.26. The van der Waals surface area contributed by atoms with Crippen LogP contribution < -0.4 is 5.73 Å². The van der Waals surface area contributed by atoms with E-state index in [-0.39, 0.29) is 0 Å². The van der Waals surface area contributed by atoms with Crippen molar-refractivity contribution < 1.29 is 0 Å². The molecule has 1 aromatic carbocycles. The Morgan fingerprint density at radius 2 is 2.06 bits per heavy atom. The molecule has 2 aromatic rings. The number of para-hydroxylation sites is 1. The predicted octanol–water partition coefficient (Wildman–Crippen LogP) is 2.38. The molecule has 2 N–H and O–H groups in total. The van der Waals surface area contributed by atoms with E-state index in [4.69, 9.17) is 5.73 Å². The van der Waals surface area contributed by atoms with E-state index in [1.54, 1.807) is 0 Å². The van der Waals surface area contributed by atoms with Crippen molar-refractivity contribution in [2.75, 3.05) is 0 Å². The fourth-order valence-electron chi connectivity index (χ4n) is 2.08. The number of nitrogens with zero attached hydrogens (tertiary/aromatic N) is 3. The minimum absolute atomic E-state index is 0.449. The van der Waals surface area contributed by atoms with Crippen LogP contribution in [0.15, 0.2) is 24.3 Å². The molecule has 0 radical (unpaired) electrons. The molecule has 4 heteroatoms. The van der Waals surface area contributed by atoms with E-state index >= 15 is 0 Å². The first-order chi connectivity index (χ1) is 8.77. The monoisotopic (exact) mass is 244 g/mol. The second-order valence-electron chi connectivity index (χ2n) is 4.49. The maximum Gasteiger partial charge on any atom is 0.0999 e. The Labute approximate surface area is 108 Å². The number of hydrogen-bond acceptors (Lipinski definition) is 3. The molecule has 4 nitrogen and oxygen atoms in total. The van der Waals surface area contributed by atoms with E-state index in [2.05, 4.69) is 36.3 Å². The Morgan fingerprint density at radius 1 is 1.28 bits per heavy atom. The number of nitrogens with two attached hydrogens (primary N) is 1. The van der Waals surface area contributed by atoms with E-state index < -0.39 is 0 Å². The quantitative estimate of drug-likeness (QED) is 0.878. The molecule has 0 spiro atoms. The molecule has 2 rings (SSSR count). The van der Waals surface area contributed by atoms with Gasteiger partial charge >= 0.3 is 0 Å². The zero-order chi connectivity index (χ0) is 13.0. The zero-order valence-corrected chi connectivity index (χ0v) is 11.1. The lowest BCUT2D eigenvalue weighted by atomic mass is 10.1. The number of benzene rings is 1. The number of aryl methyl sites for hydroxylation is 1. The van der Waals surface area contributed by atoms with Gasteiger partial charge in [0.1, 0.15) is 0 Å². The average molecular weight is 244 g/mol. The second-order valence-corrected chi connectivity index (χ2v) is 4.49. The normalized spacial score (nSPS) is 10.8. The molecule has 0 saturated carbocycles. The maximum atomic E-state index is 5.74. The predicted molar refractivity (Wildman–Crippen MR) is 72.6 cm³/mol. The van der Waals surface area contributed by atoms with Gasteiger partial charge in [0.2, 0.25) is 0 Å². The third-order valence-electron chi connectivity index (χ3n) is 3.15. The van der Waals surface area contributed by atoms with Gasteiger partial charge in [0, 0.05) is 6.54 Å². The van der Waals surface area contributed by atoms with Crippen LogP contribution in [-0.2, 0) is 13.0 Å². The lowest BCUT2D eigenvalue weighted by Crippen LogP contribution is -2.07. The second kappa shape index (κ2) is 5.78. The van der Waals surface area contributed by atoms with Gasteiger partial charge in [-0.25, -0.2) is 4.68 Å². The van der Waals surface area contributed by atoms with E-state index in [1.807, 2.05) is 16.8 Å². The molecule has 0 amide bonds. The Bertz CT molecular complexity index is 516. The molecule has 18 heavy (non-hydrogen) atoms. The number of unbranched alkanes of at least 4 members (excludes halogenated alkanes) is 1. The van der Waals surface area contributed by atoms with Gasteiger partial charge in [-0.15, -0.1) is 5.10 Å². The van der Waals surface area contributed by atoms with E-state index in [0.29, 0.717) is 6.54 Å². The number of rotatable bonds is 5. The Morgan fingerprint density at radius 3 is 2.72 bits per heavy atom. The van der Waals surface area contributed by atoms with Gasteiger partial charge in [-0.2, -0.15) is 0 Å². The summed E-state index contributed by atoms with van der Waals surface area (Å²) in [4.78, 5) is 0. The molecule has 0 aliphatic carbocycles. The van der Waals surface area contributed by atoms with Crippen molar-refractivity contribution in [3.05, 3.63) is 41.2 Å². The highest BCUT2D eigenvalue weighted by atomic mass is 15.4.